The topological polar surface area (TPSA) is 67.4 Å². The van der Waals surface area contributed by atoms with E-state index in [-0.39, 0.29) is 11.8 Å². The van der Waals surface area contributed by atoms with Crippen molar-refractivity contribution in [3.63, 3.8) is 0 Å². The van der Waals surface area contributed by atoms with E-state index in [1.807, 2.05) is 66.7 Å². The quantitative estimate of drug-likeness (QED) is 0.621. The minimum atomic E-state index is -0.510. The molecule has 6 heteroatoms. The fraction of sp³-hybridized carbons (Fsp3) is 0.250. The third-order valence-corrected chi connectivity index (χ3v) is 6.20. The number of hydrogen-bond acceptors (Lipinski definition) is 4. The number of nitrogens with one attached hydrogen (secondary N) is 2. The molecule has 30 heavy (non-hydrogen) atoms. The smallest absolute Gasteiger partial charge is 0.265 e. The van der Waals surface area contributed by atoms with E-state index in [1.165, 1.54) is 11.3 Å². The molecule has 2 heterocycles. The number of carbonyl (C=O) groups excluding carboxylic acids is 2. The molecule has 154 valence electrons. The minimum absolute atomic E-state index is 0.118. The van der Waals surface area contributed by atoms with Crippen molar-refractivity contribution < 1.29 is 14.3 Å². The second-order valence-corrected chi connectivity index (χ2v) is 8.31. The number of hydrogen-bond donors (Lipinski definition) is 2. The Morgan fingerprint density at radius 1 is 1.07 bits per heavy atom. The normalized spacial score (nSPS) is 16.4. The molecule has 1 aliphatic rings. The third kappa shape index (κ3) is 4.89. The summed E-state index contributed by atoms with van der Waals surface area (Å²) in [5.41, 5.74) is 2.05. The van der Waals surface area contributed by atoms with E-state index in [0.29, 0.717) is 30.2 Å². The number of benzene rings is 2. The van der Waals surface area contributed by atoms with E-state index >= 15 is 0 Å². The second-order valence-electron chi connectivity index (χ2n) is 7.26. The van der Waals surface area contributed by atoms with Crippen molar-refractivity contribution in [3.8, 4) is 16.2 Å². The van der Waals surface area contributed by atoms with Crippen molar-refractivity contribution in [2.24, 2.45) is 0 Å². The zero-order valence-electron chi connectivity index (χ0n) is 16.6. The molecule has 0 aliphatic carbocycles. The zero-order valence-corrected chi connectivity index (χ0v) is 17.4. The van der Waals surface area contributed by atoms with E-state index in [1.54, 1.807) is 0 Å². The molecule has 2 N–H and O–H groups in total. The van der Waals surface area contributed by atoms with E-state index in [4.69, 9.17) is 4.74 Å². The number of amides is 2. The van der Waals surface area contributed by atoms with Gasteiger partial charge in [-0.25, -0.2) is 0 Å². The lowest BCUT2D eigenvalue weighted by molar-refractivity contribution is -0.122. The van der Waals surface area contributed by atoms with Crippen LogP contribution in [0, 0.1) is 0 Å². The van der Waals surface area contributed by atoms with Crippen molar-refractivity contribution in [1.29, 1.82) is 0 Å². The van der Waals surface area contributed by atoms with Gasteiger partial charge in [-0.1, -0.05) is 60.7 Å². The highest BCUT2D eigenvalue weighted by molar-refractivity contribution is 7.17. The van der Waals surface area contributed by atoms with Gasteiger partial charge in [0.25, 0.3) is 5.91 Å². The first-order valence-electron chi connectivity index (χ1n) is 10.2. The molecule has 3 aromatic rings. The van der Waals surface area contributed by atoms with Gasteiger partial charge < -0.3 is 15.4 Å². The fourth-order valence-corrected chi connectivity index (χ4v) is 4.43. The van der Waals surface area contributed by atoms with Crippen LogP contribution in [0.2, 0.25) is 0 Å². The Hall–Kier alpha value is -3.12. The van der Waals surface area contributed by atoms with Crippen LogP contribution in [0.15, 0.2) is 66.7 Å². The highest BCUT2D eigenvalue weighted by Crippen LogP contribution is 2.37. The summed E-state index contributed by atoms with van der Waals surface area (Å²) >= 11 is 1.38. The van der Waals surface area contributed by atoms with Crippen LogP contribution in [0.3, 0.4) is 0 Å². The lowest BCUT2D eigenvalue weighted by Crippen LogP contribution is -2.45. The van der Waals surface area contributed by atoms with Gasteiger partial charge in [0.05, 0.1) is 0 Å². The first-order chi connectivity index (χ1) is 14.7. The van der Waals surface area contributed by atoms with Crippen LogP contribution < -0.4 is 15.4 Å². The summed E-state index contributed by atoms with van der Waals surface area (Å²) in [6.07, 6.45) is 2.48. The monoisotopic (exact) mass is 420 g/mol. The van der Waals surface area contributed by atoms with Crippen LogP contribution in [0.4, 0.5) is 0 Å². The van der Waals surface area contributed by atoms with Crippen LogP contribution in [-0.2, 0) is 11.4 Å². The first kappa shape index (κ1) is 20.2. The maximum Gasteiger partial charge on any atom is 0.265 e. The van der Waals surface area contributed by atoms with Crippen LogP contribution in [-0.4, -0.2) is 24.4 Å². The lowest BCUT2D eigenvalue weighted by Gasteiger charge is -2.15. The Kier molecular flexibility index (Phi) is 6.44. The molecule has 0 bridgehead atoms. The summed E-state index contributed by atoms with van der Waals surface area (Å²) in [4.78, 5) is 26.8. The molecule has 1 aliphatic heterocycles. The van der Waals surface area contributed by atoms with Crippen molar-refractivity contribution in [2.75, 3.05) is 6.54 Å². The predicted molar refractivity (Wildman–Crippen MR) is 119 cm³/mol. The van der Waals surface area contributed by atoms with Crippen LogP contribution in [0.25, 0.3) is 10.4 Å². The van der Waals surface area contributed by atoms with Gasteiger partial charge in [0.15, 0.2) is 0 Å². The standard InChI is InChI=1S/C24H24N2O3S/c27-23-19(13-7-8-14-25-23)26-24(28)22-20(29-16-17-9-3-1-4-10-17)15-21(30-22)18-11-5-2-6-12-18/h1-6,9-12,15,19H,7-8,13-14,16H2,(H,25,27)(H,26,28). The molecule has 0 spiro atoms. The number of carbonyl (C=O) groups is 2. The Balaban J connectivity index is 1.58. The Morgan fingerprint density at radius 3 is 2.57 bits per heavy atom. The molecule has 1 unspecified atom stereocenters. The average molecular weight is 421 g/mol. The summed E-state index contributed by atoms with van der Waals surface area (Å²) in [5.74, 6) is 0.147. The molecule has 1 saturated heterocycles. The lowest BCUT2D eigenvalue weighted by atomic mass is 10.1. The Morgan fingerprint density at radius 2 is 1.80 bits per heavy atom. The molecule has 5 nitrogen and oxygen atoms in total. The summed E-state index contributed by atoms with van der Waals surface area (Å²) in [5, 5.41) is 5.77. The van der Waals surface area contributed by atoms with Crippen molar-refractivity contribution >= 4 is 23.2 Å². The number of ether oxygens (including phenoxy) is 1. The van der Waals surface area contributed by atoms with Gasteiger partial charge in [-0.15, -0.1) is 11.3 Å². The Bertz CT molecular complexity index is 1000. The number of thiophene rings is 1. The summed E-state index contributed by atoms with van der Waals surface area (Å²) in [6, 6.07) is 21.2. The van der Waals surface area contributed by atoms with Crippen LogP contribution in [0.1, 0.15) is 34.5 Å². The largest absolute Gasteiger partial charge is 0.487 e. The molecule has 1 fully saturated rings. The molecule has 0 radical (unpaired) electrons. The van der Waals surface area contributed by atoms with Gasteiger partial charge in [-0.3, -0.25) is 9.59 Å². The van der Waals surface area contributed by atoms with Crippen molar-refractivity contribution in [3.05, 3.63) is 77.2 Å². The predicted octanol–water partition coefficient (Wildman–Crippen LogP) is 4.39. The van der Waals surface area contributed by atoms with E-state index in [0.717, 1.165) is 28.8 Å². The molecular weight excluding hydrogens is 396 g/mol. The molecular formula is C24H24N2O3S. The molecule has 4 rings (SSSR count). The van der Waals surface area contributed by atoms with Crippen molar-refractivity contribution in [2.45, 2.75) is 31.9 Å². The van der Waals surface area contributed by atoms with Gasteiger partial charge in [-0.2, -0.15) is 0 Å². The fourth-order valence-electron chi connectivity index (χ4n) is 3.42. The molecule has 1 aromatic heterocycles. The van der Waals surface area contributed by atoms with E-state index in [9.17, 15) is 9.59 Å². The highest BCUT2D eigenvalue weighted by atomic mass is 32.1. The maximum absolute atomic E-state index is 13.1. The minimum Gasteiger partial charge on any atom is -0.487 e. The number of rotatable bonds is 6. The molecule has 1 atom stereocenters. The maximum atomic E-state index is 13.1. The first-order valence-corrected chi connectivity index (χ1v) is 11.0. The summed E-state index contributed by atoms with van der Waals surface area (Å²) < 4.78 is 6.04. The van der Waals surface area contributed by atoms with Gasteiger partial charge in [0.2, 0.25) is 5.91 Å². The van der Waals surface area contributed by atoms with Gasteiger partial charge in [0.1, 0.15) is 23.3 Å². The summed E-state index contributed by atoms with van der Waals surface area (Å²) in [6.45, 7) is 1.03. The SMILES string of the molecule is O=C(NC1CCCCNC1=O)c1sc(-c2ccccc2)cc1OCc1ccccc1. The van der Waals surface area contributed by atoms with Gasteiger partial charge in [0, 0.05) is 11.4 Å². The van der Waals surface area contributed by atoms with Crippen LogP contribution in [0.5, 0.6) is 5.75 Å². The van der Waals surface area contributed by atoms with Crippen molar-refractivity contribution in [1.82, 2.24) is 10.6 Å². The average Bonchev–Trinajstić information content (AvgIpc) is 3.12. The molecule has 2 aromatic carbocycles. The van der Waals surface area contributed by atoms with Gasteiger partial charge >= 0.3 is 0 Å². The zero-order chi connectivity index (χ0) is 20.8. The summed E-state index contributed by atoms with van der Waals surface area (Å²) in [7, 11) is 0. The van der Waals surface area contributed by atoms with E-state index in [2.05, 4.69) is 10.6 Å². The molecule has 0 saturated carbocycles. The Labute approximate surface area is 180 Å². The van der Waals surface area contributed by atoms with Gasteiger partial charge in [-0.05, 0) is 36.5 Å². The second kappa shape index (κ2) is 9.59. The van der Waals surface area contributed by atoms with E-state index < -0.39 is 6.04 Å². The third-order valence-electron chi connectivity index (χ3n) is 5.04. The van der Waals surface area contributed by atoms with Crippen LogP contribution >= 0.6 is 11.3 Å². The molecule has 2 amide bonds. The highest BCUT2D eigenvalue weighted by Gasteiger charge is 2.26.